The smallest absolute Gasteiger partial charge is 0.408 e. The number of nitrogens with zero attached hydrogens (tertiary/aromatic N) is 1. The summed E-state index contributed by atoms with van der Waals surface area (Å²) in [6.45, 7) is 0.0676. The minimum absolute atomic E-state index is 0.0569. The molecule has 0 aliphatic heterocycles. The van der Waals surface area contributed by atoms with Crippen molar-refractivity contribution in [1.29, 1.82) is 0 Å². The predicted molar refractivity (Wildman–Crippen MR) is 92.4 cm³/mol. The van der Waals surface area contributed by atoms with Crippen molar-refractivity contribution in [3.05, 3.63) is 75.8 Å². The number of non-ortho nitro benzene ring substituents is 1. The Balaban J connectivity index is 1.96. The molecule has 1 atom stereocenters. The summed E-state index contributed by atoms with van der Waals surface area (Å²) >= 11 is 0. The van der Waals surface area contributed by atoms with Gasteiger partial charge in [0.2, 0.25) is 0 Å². The fourth-order valence-electron chi connectivity index (χ4n) is 2.23. The molecule has 0 saturated heterocycles. The number of hydrogen-bond donors (Lipinski definition) is 1. The molecule has 26 heavy (non-hydrogen) atoms. The second kappa shape index (κ2) is 9.16. The zero-order chi connectivity index (χ0) is 18.9. The van der Waals surface area contributed by atoms with Gasteiger partial charge in [0.25, 0.3) is 5.69 Å². The van der Waals surface area contributed by atoms with Crippen molar-refractivity contribution >= 4 is 17.7 Å². The first-order valence-corrected chi connectivity index (χ1v) is 7.78. The molecule has 0 heterocycles. The van der Waals surface area contributed by atoms with Gasteiger partial charge in [-0.3, -0.25) is 10.1 Å². The van der Waals surface area contributed by atoms with Gasteiger partial charge in [0.1, 0.15) is 12.6 Å². The highest BCUT2D eigenvalue weighted by Gasteiger charge is 2.23. The molecule has 2 aromatic carbocycles. The van der Waals surface area contributed by atoms with Crippen molar-refractivity contribution in [3.8, 4) is 0 Å². The van der Waals surface area contributed by atoms with Gasteiger partial charge in [-0.25, -0.2) is 9.59 Å². The molecule has 0 aliphatic rings. The van der Waals surface area contributed by atoms with Crippen LogP contribution in [0.4, 0.5) is 10.5 Å². The Hall–Kier alpha value is -3.42. The second-order valence-electron chi connectivity index (χ2n) is 5.41. The van der Waals surface area contributed by atoms with Gasteiger partial charge in [-0.05, 0) is 11.1 Å². The summed E-state index contributed by atoms with van der Waals surface area (Å²) in [5, 5.41) is 13.1. The van der Waals surface area contributed by atoms with Gasteiger partial charge in [0.15, 0.2) is 0 Å². The SMILES string of the molecule is COC(=O)[C@H](Cc1ccc([N+](=O)[O-])cc1)NC(=O)OCc1ccccc1. The third kappa shape index (κ3) is 5.59. The van der Waals surface area contributed by atoms with Crippen LogP contribution in [0.25, 0.3) is 0 Å². The van der Waals surface area contributed by atoms with Gasteiger partial charge in [0.05, 0.1) is 12.0 Å². The number of nitro groups is 1. The number of carbonyl (C=O) groups is 2. The summed E-state index contributed by atoms with van der Waals surface area (Å²) < 4.78 is 9.79. The number of ether oxygens (including phenoxy) is 2. The summed E-state index contributed by atoms with van der Waals surface area (Å²) in [7, 11) is 1.21. The topological polar surface area (TPSA) is 108 Å². The number of esters is 1. The van der Waals surface area contributed by atoms with E-state index in [2.05, 4.69) is 5.32 Å². The Morgan fingerprint density at radius 3 is 2.31 bits per heavy atom. The van der Waals surface area contributed by atoms with E-state index in [1.165, 1.54) is 31.4 Å². The average molecular weight is 358 g/mol. The first-order chi connectivity index (χ1) is 12.5. The summed E-state index contributed by atoms with van der Waals surface area (Å²) in [5.74, 6) is -0.639. The van der Waals surface area contributed by atoms with E-state index in [0.29, 0.717) is 5.56 Å². The average Bonchev–Trinajstić information content (AvgIpc) is 2.66. The lowest BCUT2D eigenvalue weighted by Crippen LogP contribution is -2.43. The van der Waals surface area contributed by atoms with Crippen molar-refractivity contribution < 1.29 is 24.0 Å². The first kappa shape index (κ1) is 18.9. The number of alkyl carbamates (subject to hydrolysis) is 1. The van der Waals surface area contributed by atoms with Crippen molar-refractivity contribution in [3.63, 3.8) is 0 Å². The van der Waals surface area contributed by atoms with E-state index in [9.17, 15) is 19.7 Å². The number of nitro benzene ring substituents is 1. The lowest BCUT2D eigenvalue weighted by Gasteiger charge is -2.16. The molecule has 0 radical (unpaired) electrons. The number of methoxy groups -OCH3 is 1. The van der Waals surface area contributed by atoms with Crippen LogP contribution < -0.4 is 5.32 Å². The molecule has 0 aromatic heterocycles. The van der Waals surface area contributed by atoms with Crippen LogP contribution in [0, 0.1) is 10.1 Å². The van der Waals surface area contributed by atoms with E-state index in [4.69, 9.17) is 9.47 Å². The summed E-state index contributed by atoms with van der Waals surface area (Å²) in [5.41, 5.74) is 1.39. The number of nitrogens with one attached hydrogen (secondary N) is 1. The second-order valence-corrected chi connectivity index (χ2v) is 5.41. The fourth-order valence-corrected chi connectivity index (χ4v) is 2.23. The van der Waals surface area contributed by atoms with Crippen molar-refractivity contribution in [2.24, 2.45) is 0 Å². The Morgan fingerprint density at radius 2 is 1.73 bits per heavy atom. The van der Waals surface area contributed by atoms with Gasteiger partial charge in [-0.2, -0.15) is 0 Å². The lowest BCUT2D eigenvalue weighted by molar-refractivity contribution is -0.384. The number of hydrogen-bond acceptors (Lipinski definition) is 6. The fraction of sp³-hybridized carbons (Fsp3) is 0.222. The maximum Gasteiger partial charge on any atom is 0.408 e. The van der Waals surface area contributed by atoms with Crippen molar-refractivity contribution in [2.75, 3.05) is 7.11 Å². The van der Waals surface area contributed by atoms with Crippen LogP contribution >= 0.6 is 0 Å². The van der Waals surface area contributed by atoms with Crippen LogP contribution in [0.2, 0.25) is 0 Å². The maximum absolute atomic E-state index is 12.0. The van der Waals surface area contributed by atoms with Crippen LogP contribution in [0.5, 0.6) is 0 Å². The highest BCUT2D eigenvalue weighted by molar-refractivity contribution is 5.81. The third-order valence-electron chi connectivity index (χ3n) is 3.58. The molecule has 0 bridgehead atoms. The van der Waals surface area contributed by atoms with Gasteiger partial charge in [-0.15, -0.1) is 0 Å². The molecule has 0 saturated carbocycles. The summed E-state index contributed by atoms with van der Waals surface area (Å²) in [4.78, 5) is 34.0. The number of rotatable bonds is 7. The van der Waals surface area contributed by atoms with Gasteiger partial charge in [0, 0.05) is 18.6 Å². The summed E-state index contributed by atoms with van der Waals surface area (Å²) in [6, 6.07) is 13.8. The molecule has 1 amide bonds. The molecule has 136 valence electrons. The lowest BCUT2D eigenvalue weighted by atomic mass is 10.1. The number of carbonyl (C=O) groups excluding carboxylic acids is 2. The molecule has 2 aromatic rings. The number of benzene rings is 2. The highest BCUT2D eigenvalue weighted by Crippen LogP contribution is 2.13. The quantitative estimate of drug-likeness (QED) is 0.463. The van der Waals surface area contributed by atoms with Crippen LogP contribution in [0.3, 0.4) is 0 Å². The Bertz CT molecular complexity index is 761. The van der Waals surface area contributed by atoms with Crippen molar-refractivity contribution in [1.82, 2.24) is 5.32 Å². The molecule has 0 unspecified atom stereocenters. The van der Waals surface area contributed by atoms with Gasteiger partial charge < -0.3 is 14.8 Å². The van der Waals surface area contributed by atoms with E-state index >= 15 is 0 Å². The minimum atomic E-state index is -0.968. The van der Waals surface area contributed by atoms with E-state index < -0.39 is 23.0 Å². The zero-order valence-electron chi connectivity index (χ0n) is 14.1. The molecule has 8 nitrogen and oxygen atoms in total. The van der Waals surface area contributed by atoms with E-state index in [0.717, 1.165) is 5.56 Å². The minimum Gasteiger partial charge on any atom is -0.467 e. The van der Waals surface area contributed by atoms with Crippen LogP contribution in [0.1, 0.15) is 11.1 Å². The largest absolute Gasteiger partial charge is 0.467 e. The molecular formula is C18H18N2O6. The van der Waals surface area contributed by atoms with Crippen molar-refractivity contribution in [2.45, 2.75) is 19.1 Å². The standard InChI is InChI=1S/C18H18N2O6/c1-25-17(21)16(11-13-7-9-15(10-8-13)20(23)24)19-18(22)26-12-14-5-3-2-4-6-14/h2-10,16H,11-12H2,1H3,(H,19,22)/t16-/m0/s1. The molecule has 0 fully saturated rings. The molecule has 2 rings (SSSR count). The van der Waals surface area contributed by atoms with Crippen LogP contribution in [-0.4, -0.2) is 30.1 Å². The van der Waals surface area contributed by atoms with Crippen LogP contribution in [0.15, 0.2) is 54.6 Å². The molecule has 0 aliphatic carbocycles. The summed E-state index contributed by atoms with van der Waals surface area (Å²) in [6.07, 6.45) is -0.642. The Morgan fingerprint density at radius 1 is 1.08 bits per heavy atom. The third-order valence-corrected chi connectivity index (χ3v) is 3.58. The van der Waals surface area contributed by atoms with E-state index in [1.54, 1.807) is 0 Å². The van der Waals surface area contributed by atoms with Gasteiger partial charge >= 0.3 is 12.1 Å². The predicted octanol–water partition coefficient (Wildman–Crippen LogP) is 2.61. The number of amides is 1. The van der Waals surface area contributed by atoms with Crippen LogP contribution in [-0.2, 0) is 27.3 Å². The molecule has 1 N–H and O–H groups in total. The molecule has 8 heteroatoms. The Kier molecular flexibility index (Phi) is 6.67. The molecule has 0 spiro atoms. The first-order valence-electron chi connectivity index (χ1n) is 7.78. The zero-order valence-corrected chi connectivity index (χ0v) is 14.1. The highest BCUT2D eigenvalue weighted by atomic mass is 16.6. The van der Waals surface area contributed by atoms with Gasteiger partial charge in [-0.1, -0.05) is 42.5 Å². The molecular weight excluding hydrogens is 340 g/mol. The monoisotopic (exact) mass is 358 g/mol. The normalized spacial score (nSPS) is 11.3. The Labute approximate surface area is 149 Å². The van der Waals surface area contributed by atoms with E-state index in [1.807, 2.05) is 30.3 Å². The maximum atomic E-state index is 12.0. The van der Waals surface area contributed by atoms with E-state index in [-0.39, 0.29) is 18.7 Å².